The van der Waals surface area contributed by atoms with E-state index in [4.69, 9.17) is 5.73 Å². The van der Waals surface area contributed by atoms with E-state index >= 15 is 0 Å². The molecular formula is C10H17N5O. The van der Waals surface area contributed by atoms with Crippen LogP contribution in [0.5, 0.6) is 0 Å². The largest absolute Gasteiger partial charge is 0.366 e. The molecule has 4 N–H and O–H groups in total. The summed E-state index contributed by atoms with van der Waals surface area (Å²) in [6.07, 6.45) is 4.76. The smallest absolute Gasteiger partial charge is 0.288 e. The standard InChI is InChI=1S/C10H17N5O/c1-2-10(4-3-5-10)6-12-8(16)7-13-9(11)15-14-7/h2-6H2,1H3,(H,12,16)(H3,11,13,14,15). The van der Waals surface area contributed by atoms with Crippen LogP contribution >= 0.6 is 0 Å². The molecule has 1 aliphatic carbocycles. The predicted octanol–water partition coefficient (Wildman–Crippen LogP) is 0.697. The maximum Gasteiger partial charge on any atom is 0.288 e. The first kappa shape index (κ1) is 10.9. The molecule has 88 valence electrons. The zero-order valence-corrected chi connectivity index (χ0v) is 9.42. The molecule has 1 aliphatic rings. The summed E-state index contributed by atoms with van der Waals surface area (Å²) in [4.78, 5) is 15.4. The fraction of sp³-hybridized carbons (Fsp3) is 0.700. The maximum absolute atomic E-state index is 11.7. The van der Waals surface area contributed by atoms with Crippen LogP contribution < -0.4 is 11.1 Å². The van der Waals surface area contributed by atoms with Crippen LogP contribution in [0.4, 0.5) is 5.95 Å². The van der Waals surface area contributed by atoms with Gasteiger partial charge in [-0.2, -0.15) is 4.98 Å². The topological polar surface area (TPSA) is 96.7 Å². The molecule has 0 unspecified atom stereocenters. The van der Waals surface area contributed by atoms with Crippen molar-refractivity contribution >= 4 is 11.9 Å². The first-order chi connectivity index (χ1) is 7.65. The average molecular weight is 223 g/mol. The number of nitrogens with two attached hydrogens (primary N) is 1. The fourth-order valence-corrected chi connectivity index (χ4v) is 2.06. The van der Waals surface area contributed by atoms with E-state index < -0.39 is 0 Å². The number of hydrogen-bond acceptors (Lipinski definition) is 4. The fourth-order valence-electron chi connectivity index (χ4n) is 2.06. The van der Waals surface area contributed by atoms with Crippen molar-refractivity contribution in [2.45, 2.75) is 32.6 Å². The Bertz CT molecular complexity index is 377. The molecule has 1 fully saturated rings. The van der Waals surface area contributed by atoms with Crippen LogP contribution in [0.2, 0.25) is 0 Å². The molecule has 16 heavy (non-hydrogen) atoms. The van der Waals surface area contributed by atoms with Crippen LogP contribution in [0.1, 0.15) is 43.2 Å². The van der Waals surface area contributed by atoms with Gasteiger partial charge in [-0.25, -0.2) is 0 Å². The van der Waals surface area contributed by atoms with Crippen molar-refractivity contribution in [3.8, 4) is 0 Å². The summed E-state index contributed by atoms with van der Waals surface area (Å²) in [5.41, 5.74) is 5.64. The summed E-state index contributed by atoms with van der Waals surface area (Å²) in [7, 11) is 0. The van der Waals surface area contributed by atoms with Gasteiger partial charge in [0, 0.05) is 6.54 Å². The normalized spacial score (nSPS) is 17.8. The number of nitrogens with zero attached hydrogens (tertiary/aromatic N) is 2. The number of carbonyl (C=O) groups is 1. The van der Waals surface area contributed by atoms with Gasteiger partial charge in [-0.15, -0.1) is 5.10 Å². The summed E-state index contributed by atoms with van der Waals surface area (Å²) in [6, 6.07) is 0. The van der Waals surface area contributed by atoms with E-state index in [1.165, 1.54) is 19.3 Å². The van der Waals surface area contributed by atoms with Crippen molar-refractivity contribution in [2.24, 2.45) is 5.41 Å². The van der Waals surface area contributed by atoms with Crippen LogP contribution in [0.25, 0.3) is 0 Å². The molecule has 0 bridgehead atoms. The summed E-state index contributed by atoms with van der Waals surface area (Å²) < 4.78 is 0. The van der Waals surface area contributed by atoms with Gasteiger partial charge in [-0.3, -0.25) is 9.89 Å². The van der Waals surface area contributed by atoms with Gasteiger partial charge < -0.3 is 11.1 Å². The zero-order chi connectivity index (χ0) is 11.6. The highest BCUT2D eigenvalue weighted by molar-refractivity contribution is 5.90. The number of aromatic amines is 1. The average Bonchev–Trinajstić information content (AvgIpc) is 2.64. The molecule has 6 nitrogen and oxygen atoms in total. The number of nitrogens with one attached hydrogen (secondary N) is 2. The van der Waals surface area contributed by atoms with Crippen LogP contribution in [0.15, 0.2) is 0 Å². The van der Waals surface area contributed by atoms with E-state index in [-0.39, 0.29) is 17.7 Å². The van der Waals surface area contributed by atoms with E-state index in [1.807, 2.05) is 0 Å². The van der Waals surface area contributed by atoms with Crippen LogP contribution in [-0.2, 0) is 0 Å². The lowest BCUT2D eigenvalue weighted by Gasteiger charge is -2.41. The molecule has 2 rings (SSSR count). The molecule has 0 aromatic carbocycles. The van der Waals surface area contributed by atoms with Gasteiger partial charge in [0.25, 0.3) is 5.91 Å². The van der Waals surface area contributed by atoms with E-state index in [0.29, 0.717) is 12.0 Å². The van der Waals surface area contributed by atoms with Crippen molar-refractivity contribution in [2.75, 3.05) is 12.3 Å². The lowest BCUT2D eigenvalue weighted by Crippen LogP contribution is -2.41. The van der Waals surface area contributed by atoms with Crippen LogP contribution in [-0.4, -0.2) is 27.6 Å². The van der Waals surface area contributed by atoms with Crippen molar-refractivity contribution < 1.29 is 4.79 Å². The molecule has 0 spiro atoms. The van der Waals surface area contributed by atoms with Gasteiger partial charge in [0.15, 0.2) is 0 Å². The second kappa shape index (κ2) is 4.11. The summed E-state index contributed by atoms with van der Waals surface area (Å²) in [6.45, 7) is 2.88. The lowest BCUT2D eigenvalue weighted by atomic mass is 9.67. The van der Waals surface area contributed by atoms with E-state index in [1.54, 1.807) is 0 Å². The summed E-state index contributed by atoms with van der Waals surface area (Å²) >= 11 is 0. The Labute approximate surface area is 94.0 Å². The summed E-state index contributed by atoms with van der Waals surface area (Å²) in [5, 5.41) is 8.99. The number of aromatic nitrogens is 3. The Kier molecular flexibility index (Phi) is 2.80. The predicted molar refractivity (Wildman–Crippen MR) is 59.7 cm³/mol. The highest BCUT2D eigenvalue weighted by atomic mass is 16.2. The molecule has 1 aromatic heterocycles. The number of rotatable bonds is 4. The molecule has 6 heteroatoms. The minimum atomic E-state index is -0.232. The number of carbonyl (C=O) groups excluding carboxylic acids is 1. The monoisotopic (exact) mass is 223 g/mol. The van der Waals surface area contributed by atoms with Gasteiger partial charge >= 0.3 is 0 Å². The first-order valence-electron chi connectivity index (χ1n) is 5.61. The minimum absolute atomic E-state index is 0.0963. The molecule has 1 saturated carbocycles. The first-order valence-corrected chi connectivity index (χ1v) is 5.61. The van der Waals surface area contributed by atoms with Crippen LogP contribution in [0.3, 0.4) is 0 Å². The second-order valence-electron chi connectivity index (χ2n) is 4.43. The van der Waals surface area contributed by atoms with Crippen molar-refractivity contribution in [3.63, 3.8) is 0 Å². The van der Waals surface area contributed by atoms with E-state index in [2.05, 4.69) is 27.4 Å². The third-order valence-electron chi connectivity index (χ3n) is 3.51. The third kappa shape index (κ3) is 2.00. The number of amides is 1. The number of nitrogen functional groups attached to an aromatic ring is 1. The molecule has 1 heterocycles. The van der Waals surface area contributed by atoms with Gasteiger partial charge in [-0.05, 0) is 24.7 Å². The Morgan fingerprint density at radius 1 is 1.62 bits per heavy atom. The van der Waals surface area contributed by atoms with E-state index in [0.717, 1.165) is 6.42 Å². The number of H-pyrrole nitrogens is 1. The maximum atomic E-state index is 11.7. The van der Waals surface area contributed by atoms with E-state index in [9.17, 15) is 4.79 Å². The SMILES string of the molecule is CCC1(CNC(=O)c2nc(N)n[nH]2)CCC1. The Morgan fingerprint density at radius 3 is 2.81 bits per heavy atom. The number of hydrogen-bond donors (Lipinski definition) is 3. The molecule has 1 aromatic rings. The van der Waals surface area contributed by atoms with Crippen molar-refractivity contribution in [1.82, 2.24) is 20.5 Å². The molecule has 0 aliphatic heterocycles. The van der Waals surface area contributed by atoms with Crippen LogP contribution in [0, 0.1) is 5.41 Å². The molecular weight excluding hydrogens is 206 g/mol. The lowest BCUT2D eigenvalue weighted by molar-refractivity contribution is 0.0841. The van der Waals surface area contributed by atoms with Gasteiger partial charge in [-0.1, -0.05) is 13.3 Å². The quantitative estimate of drug-likeness (QED) is 0.699. The summed E-state index contributed by atoms with van der Waals surface area (Å²) in [5.74, 6) is 0.0472. The molecule has 0 atom stereocenters. The molecule has 0 saturated heterocycles. The van der Waals surface area contributed by atoms with Gasteiger partial charge in [0.2, 0.25) is 11.8 Å². The Morgan fingerprint density at radius 2 is 2.38 bits per heavy atom. The molecule has 0 radical (unpaired) electrons. The van der Waals surface area contributed by atoms with Crippen molar-refractivity contribution in [1.29, 1.82) is 0 Å². The van der Waals surface area contributed by atoms with Gasteiger partial charge in [0.05, 0.1) is 0 Å². The highest BCUT2D eigenvalue weighted by Crippen LogP contribution is 2.42. The minimum Gasteiger partial charge on any atom is -0.366 e. The Hall–Kier alpha value is -1.59. The van der Waals surface area contributed by atoms with Crippen molar-refractivity contribution in [3.05, 3.63) is 5.82 Å². The second-order valence-corrected chi connectivity index (χ2v) is 4.43. The third-order valence-corrected chi connectivity index (χ3v) is 3.51. The Balaban J connectivity index is 1.88. The highest BCUT2D eigenvalue weighted by Gasteiger charge is 2.35. The molecule has 1 amide bonds. The number of anilines is 1. The van der Waals surface area contributed by atoms with Gasteiger partial charge in [0.1, 0.15) is 0 Å². The zero-order valence-electron chi connectivity index (χ0n) is 9.42.